The molecule has 1 aliphatic rings. The molecule has 0 spiro atoms. The van der Waals surface area contributed by atoms with Crippen molar-refractivity contribution in [1.29, 1.82) is 0 Å². The second-order valence-electron chi connectivity index (χ2n) is 20.6. The van der Waals surface area contributed by atoms with Crippen molar-refractivity contribution in [3.63, 3.8) is 0 Å². The summed E-state index contributed by atoms with van der Waals surface area (Å²) in [5, 5.41) is 45.1. The Kier molecular flexibility index (Phi) is 44.0. The van der Waals surface area contributed by atoms with E-state index in [9.17, 15) is 38.2 Å². The monoisotopic (exact) mass is 992 g/mol. The topological polar surface area (TPSA) is 192 Å². The number of carbonyl (C=O) groups excluding carboxylic acids is 1. The minimum absolute atomic E-state index is 0.222. The van der Waals surface area contributed by atoms with Gasteiger partial charge in [-0.1, -0.05) is 271 Å². The van der Waals surface area contributed by atoms with Gasteiger partial charge in [-0.25, -0.2) is 4.18 Å². The molecule has 0 aromatic carbocycles. The number of aliphatic hydroxyl groups is 4. The van der Waals surface area contributed by atoms with Crippen LogP contribution in [-0.4, -0.2) is 95.4 Å². The van der Waals surface area contributed by atoms with Crippen LogP contribution in [0.25, 0.3) is 0 Å². The molecule has 0 radical (unpaired) electrons. The summed E-state index contributed by atoms with van der Waals surface area (Å²) in [4.78, 5) is 13.1. The number of rotatable bonds is 51. The number of nitrogens with one attached hydrogen (secondary N) is 1. The Morgan fingerprint density at radius 2 is 0.853 bits per heavy atom. The van der Waals surface area contributed by atoms with E-state index in [4.69, 9.17) is 9.47 Å². The van der Waals surface area contributed by atoms with Gasteiger partial charge in [-0.05, 0) is 12.8 Å². The van der Waals surface area contributed by atoms with Crippen LogP contribution in [0.4, 0.5) is 0 Å². The van der Waals surface area contributed by atoms with E-state index < -0.39 is 59.9 Å². The summed E-state index contributed by atoms with van der Waals surface area (Å²) in [5.41, 5.74) is 0. The lowest BCUT2D eigenvalue weighted by atomic mass is 9.99. The molecule has 12 nitrogen and oxygen atoms in total. The van der Waals surface area contributed by atoms with Crippen LogP contribution in [0.2, 0.25) is 0 Å². The predicted octanol–water partition coefficient (Wildman–Crippen LogP) is 13.3. The van der Waals surface area contributed by atoms with Crippen LogP contribution in [-0.2, 0) is 28.9 Å². The smallest absolute Gasteiger partial charge is 0.394 e. The number of carbonyl (C=O) groups is 1. The molecular formula is C55H109NO11S. The molecule has 1 rings (SSSR count). The van der Waals surface area contributed by atoms with Crippen molar-refractivity contribution in [2.45, 2.75) is 333 Å². The lowest BCUT2D eigenvalue weighted by Gasteiger charge is -2.41. The first kappa shape index (κ1) is 65.1. The minimum Gasteiger partial charge on any atom is -0.394 e. The molecule has 406 valence electrons. The fourth-order valence-electron chi connectivity index (χ4n) is 9.70. The van der Waals surface area contributed by atoms with Crippen LogP contribution in [0, 0.1) is 0 Å². The van der Waals surface area contributed by atoms with E-state index in [0.717, 1.165) is 51.4 Å². The second-order valence-corrected chi connectivity index (χ2v) is 21.6. The van der Waals surface area contributed by atoms with Crippen molar-refractivity contribution in [2.24, 2.45) is 0 Å². The molecular weight excluding hydrogens is 883 g/mol. The van der Waals surface area contributed by atoms with Crippen LogP contribution in [0.15, 0.2) is 0 Å². The highest BCUT2D eigenvalue weighted by Crippen LogP contribution is 2.26. The predicted molar refractivity (Wildman–Crippen MR) is 278 cm³/mol. The third kappa shape index (κ3) is 37.8. The third-order valence-corrected chi connectivity index (χ3v) is 14.6. The van der Waals surface area contributed by atoms with Gasteiger partial charge in [0.15, 0.2) is 6.29 Å². The summed E-state index contributed by atoms with van der Waals surface area (Å²) < 4.78 is 47.9. The minimum atomic E-state index is -5.08. The Morgan fingerprint density at radius 3 is 1.18 bits per heavy atom. The zero-order chi connectivity index (χ0) is 49.8. The van der Waals surface area contributed by atoms with E-state index in [2.05, 4.69) is 23.3 Å². The highest BCUT2D eigenvalue weighted by molar-refractivity contribution is 7.80. The fourth-order valence-corrected chi connectivity index (χ4v) is 10.2. The number of unbranched alkanes of at least 4 members (excludes halogenated alkanes) is 39. The molecule has 1 fully saturated rings. The van der Waals surface area contributed by atoms with Crippen LogP contribution in [0.1, 0.15) is 290 Å². The molecule has 0 aromatic heterocycles. The summed E-state index contributed by atoms with van der Waals surface area (Å²) in [5.74, 6) is -0.222. The first-order valence-electron chi connectivity index (χ1n) is 28.9. The maximum absolute atomic E-state index is 13.1. The maximum Gasteiger partial charge on any atom is 0.397 e. The molecule has 1 amide bonds. The maximum atomic E-state index is 13.1. The largest absolute Gasteiger partial charge is 0.397 e. The number of hydrogen-bond acceptors (Lipinski definition) is 10. The van der Waals surface area contributed by atoms with Gasteiger partial charge in [-0.15, -0.1) is 0 Å². The number of hydrogen-bond donors (Lipinski definition) is 6. The summed E-state index contributed by atoms with van der Waals surface area (Å²) >= 11 is 0. The van der Waals surface area contributed by atoms with Crippen LogP contribution in [0.5, 0.6) is 0 Å². The van der Waals surface area contributed by atoms with E-state index in [0.29, 0.717) is 12.8 Å². The average molecular weight is 993 g/mol. The summed E-state index contributed by atoms with van der Waals surface area (Å²) in [6, 6.07) is -0.853. The van der Waals surface area contributed by atoms with E-state index >= 15 is 0 Å². The van der Waals surface area contributed by atoms with Gasteiger partial charge >= 0.3 is 10.4 Å². The van der Waals surface area contributed by atoms with Gasteiger partial charge in [0, 0.05) is 6.42 Å². The van der Waals surface area contributed by atoms with Crippen LogP contribution < -0.4 is 5.32 Å². The van der Waals surface area contributed by atoms with Crippen LogP contribution in [0.3, 0.4) is 0 Å². The van der Waals surface area contributed by atoms with Crippen molar-refractivity contribution >= 4 is 16.3 Å². The van der Waals surface area contributed by atoms with Crippen LogP contribution >= 0.6 is 0 Å². The summed E-state index contributed by atoms with van der Waals surface area (Å²) in [7, 11) is -5.08. The van der Waals surface area contributed by atoms with E-state index in [-0.39, 0.29) is 12.5 Å². The molecule has 68 heavy (non-hydrogen) atoms. The molecule has 0 aromatic rings. The summed E-state index contributed by atoms with van der Waals surface area (Å²) in [6.07, 6.45) is 43.9. The fraction of sp³-hybridized carbons (Fsp3) is 0.982. The number of amides is 1. The normalized spacial score (nSPS) is 19.7. The zero-order valence-corrected chi connectivity index (χ0v) is 44.8. The number of ether oxygens (including phenoxy) is 2. The second kappa shape index (κ2) is 45.9. The van der Waals surface area contributed by atoms with Gasteiger partial charge in [0.05, 0.1) is 25.4 Å². The molecule has 6 N–H and O–H groups in total. The first-order chi connectivity index (χ1) is 33.0. The molecule has 0 bridgehead atoms. The standard InChI is InChI=1S/C55H109NO11S/c1-3-5-7-9-11-13-15-17-19-21-23-25-27-29-31-33-35-37-39-41-43-45-51(59)56-48(47-65-55-53(61)54(67-68(62,63)64)52(60)50(46-57)66-55)49(58)44-42-40-38-36-34-32-30-28-26-24-22-20-18-16-14-12-10-8-6-4-2/h48-50,52-55,57-58,60-61H,3-47H2,1-2H3,(H,56,59)(H,62,63,64). The summed E-state index contributed by atoms with van der Waals surface area (Å²) in [6.45, 7) is 3.50. The highest BCUT2D eigenvalue weighted by Gasteiger charge is 2.48. The lowest BCUT2D eigenvalue weighted by Crippen LogP contribution is -2.61. The molecule has 1 saturated heterocycles. The van der Waals surface area contributed by atoms with Crippen molar-refractivity contribution in [3.05, 3.63) is 0 Å². The quantitative estimate of drug-likeness (QED) is 0.0251. The Hall–Kier alpha value is -0.900. The van der Waals surface area contributed by atoms with Gasteiger partial charge in [0.25, 0.3) is 0 Å². The van der Waals surface area contributed by atoms with Crippen molar-refractivity contribution in [2.75, 3.05) is 13.2 Å². The van der Waals surface area contributed by atoms with Gasteiger partial charge in [-0.3, -0.25) is 9.35 Å². The molecule has 13 heteroatoms. The molecule has 7 atom stereocenters. The molecule has 7 unspecified atom stereocenters. The Morgan fingerprint density at radius 1 is 0.529 bits per heavy atom. The van der Waals surface area contributed by atoms with Crippen molar-refractivity contribution in [3.8, 4) is 0 Å². The number of aliphatic hydroxyl groups excluding tert-OH is 4. The molecule has 0 aliphatic carbocycles. The Balaban J connectivity index is 2.35. The molecule has 1 aliphatic heterocycles. The first-order valence-corrected chi connectivity index (χ1v) is 30.3. The average Bonchev–Trinajstić information content (AvgIpc) is 3.31. The molecule has 1 heterocycles. The van der Waals surface area contributed by atoms with E-state index in [1.54, 1.807) is 0 Å². The van der Waals surface area contributed by atoms with Gasteiger partial charge in [0.1, 0.15) is 24.4 Å². The highest BCUT2D eigenvalue weighted by atomic mass is 32.3. The van der Waals surface area contributed by atoms with Gasteiger partial charge in [-0.2, -0.15) is 8.42 Å². The van der Waals surface area contributed by atoms with Crippen molar-refractivity contribution < 1.29 is 51.8 Å². The van der Waals surface area contributed by atoms with Gasteiger partial charge in [0.2, 0.25) is 5.91 Å². The van der Waals surface area contributed by atoms with Crippen molar-refractivity contribution in [1.82, 2.24) is 5.32 Å². The lowest BCUT2D eigenvalue weighted by molar-refractivity contribution is -0.298. The van der Waals surface area contributed by atoms with Gasteiger partial charge < -0.3 is 35.2 Å². The van der Waals surface area contributed by atoms with E-state index in [1.165, 1.54) is 212 Å². The van der Waals surface area contributed by atoms with E-state index in [1.807, 2.05) is 0 Å². The Labute approximate surface area is 418 Å². The zero-order valence-electron chi connectivity index (χ0n) is 44.0. The molecule has 0 saturated carbocycles. The Bertz CT molecular complexity index is 1210. The SMILES string of the molecule is CCCCCCCCCCCCCCCCCCCCCCCC(=O)NC(COC1OC(CO)C(O)C(OS(=O)(=O)O)C1O)C(O)CCCCCCCCCCCCCCCCCCCCCC. The third-order valence-electron chi connectivity index (χ3n) is 14.2.